The van der Waals surface area contributed by atoms with E-state index in [2.05, 4.69) is 0 Å². The monoisotopic (exact) mass is 293 g/mol. The van der Waals surface area contributed by atoms with Crippen molar-refractivity contribution in [2.45, 2.75) is 37.9 Å². The summed E-state index contributed by atoms with van der Waals surface area (Å²) in [5.74, 6) is -0.938. The van der Waals surface area contributed by atoms with E-state index >= 15 is 0 Å². The summed E-state index contributed by atoms with van der Waals surface area (Å²) in [4.78, 5) is 10.7. The van der Waals surface area contributed by atoms with E-state index in [0.717, 1.165) is 12.8 Å². The van der Waals surface area contributed by atoms with Crippen LogP contribution in [0.1, 0.15) is 32.6 Å². The van der Waals surface area contributed by atoms with Gasteiger partial charge < -0.3 is 9.84 Å². The normalized spacial score (nSPS) is 23.2. The molecule has 0 saturated carbocycles. The lowest BCUT2D eigenvalue weighted by atomic mass is 9.96. The van der Waals surface area contributed by atoms with Crippen molar-refractivity contribution in [3.8, 4) is 0 Å². The second-order valence-electron chi connectivity index (χ2n) is 5.10. The minimum absolute atomic E-state index is 0.0402. The molecule has 19 heavy (non-hydrogen) atoms. The van der Waals surface area contributed by atoms with Gasteiger partial charge in [0, 0.05) is 33.2 Å². The smallest absolute Gasteiger partial charge is 0.303 e. The first-order valence-electron chi connectivity index (χ1n) is 6.57. The number of hydrogen-bond acceptors (Lipinski definition) is 4. The highest BCUT2D eigenvalue weighted by atomic mass is 32.2. The molecular weight excluding hydrogens is 270 g/mol. The van der Waals surface area contributed by atoms with Gasteiger partial charge in [-0.15, -0.1) is 0 Å². The fraction of sp³-hybridized carbons (Fsp3) is 0.917. The lowest BCUT2D eigenvalue weighted by Crippen LogP contribution is -2.44. The summed E-state index contributed by atoms with van der Waals surface area (Å²) in [6.07, 6.45) is 2.01. The Balaban J connectivity index is 2.64. The highest BCUT2D eigenvalue weighted by Gasteiger charge is 2.33. The highest BCUT2D eigenvalue weighted by molar-refractivity contribution is 7.89. The van der Waals surface area contributed by atoms with Gasteiger partial charge >= 0.3 is 5.97 Å². The lowest BCUT2D eigenvalue weighted by molar-refractivity contribution is -0.138. The van der Waals surface area contributed by atoms with Gasteiger partial charge in [-0.2, -0.15) is 0 Å². The van der Waals surface area contributed by atoms with E-state index in [1.807, 2.05) is 0 Å². The van der Waals surface area contributed by atoms with Gasteiger partial charge in [0.1, 0.15) is 0 Å². The molecule has 2 atom stereocenters. The largest absolute Gasteiger partial charge is 0.481 e. The van der Waals surface area contributed by atoms with Crippen molar-refractivity contribution in [1.29, 1.82) is 0 Å². The van der Waals surface area contributed by atoms with Crippen LogP contribution in [0.4, 0.5) is 0 Å². The van der Waals surface area contributed by atoms with E-state index in [9.17, 15) is 13.2 Å². The molecule has 0 aromatic carbocycles. The van der Waals surface area contributed by atoms with Gasteiger partial charge in [-0.3, -0.25) is 4.79 Å². The van der Waals surface area contributed by atoms with Gasteiger partial charge in [0.2, 0.25) is 10.0 Å². The molecule has 112 valence electrons. The van der Waals surface area contributed by atoms with Crippen LogP contribution >= 0.6 is 0 Å². The van der Waals surface area contributed by atoms with Gasteiger partial charge in [-0.1, -0.05) is 0 Å². The zero-order valence-corrected chi connectivity index (χ0v) is 12.4. The van der Waals surface area contributed by atoms with E-state index < -0.39 is 21.2 Å². The number of carboxylic acid groups (broad SMARTS) is 1. The number of carboxylic acids is 1. The summed E-state index contributed by atoms with van der Waals surface area (Å²) < 4.78 is 31.0. The zero-order valence-electron chi connectivity index (χ0n) is 11.5. The van der Waals surface area contributed by atoms with Gasteiger partial charge in [0.15, 0.2) is 0 Å². The Bertz CT molecular complexity index is 395. The fourth-order valence-corrected chi connectivity index (χ4v) is 4.06. The van der Waals surface area contributed by atoms with Gasteiger partial charge in [-0.25, -0.2) is 12.7 Å². The van der Waals surface area contributed by atoms with E-state index in [1.54, 1.807) is 14.0 Å². The first kappa shape index (κ1) is 16.4. The van der Waals surface area contributed by atoms with Crippen LogP contribution in [0.5, 0.6) is 0 Å². The van der Waals surface area contributed by atoms with Crippen LogP contribution < -0.4 is 0 Å². The number of carbonyl (C=O) groups is 1. The maximum absolute atomic E-state index is 12.3. The molecule has 0 radical (unpaired) electrons. The Kier molecular flexibility index (Phi) is 6.22. The van der Waals surface area contributed by atoms with Crippen LogP contribution in [0, 0.1) is 5.92 Å². The van der Waals surface area contributed by atoms with Crippen molar-refractivity contribution >= 4 is 16.0 Å². The highest BCUT2D eigenvalue weighted by Crippen LogP contribution is 2.24. The first-order chi connectivity index (χ1) is 8.87. The summed E-state index contributed by atoms with van der Waals surface area (Å²) >= 11 is 0. The Morgan fingerprint density at radius 2 is 2.21 bits per heavy atom. The zero-order chi connectivity index (χ0) is 14.5. The van der Waals surface area contributed by atoms with Crippen LogP contribution in [0.25, 0.3) is 0 Å². The summed E-state index contributed by atoms with van der Waals surface area (Å²) in [5, 5.41) is 8.31. The summed E-state index contributed by atoms with van der Waals surface area (Å²) in [7, 11) is -1.80. The fourth-order valence-electron chi connectivity index (χ4n) is 2.36. The topological polar surface area (TPSA) is 83.9 Å². The van der Waals surface area contributed by atoms with Crippen LogP contribution in [-0.2, 0) is 19.6 Å². The quantitative estimate of drug-likeness (QED) is 0.755. The molecule has 7 heteroatoms. The molecule has 1 fully saturated rings. The van der Waals surface area contributed by atoms with Crippen LogP contribution in [-0.4, -0.2) is 55.9 Å². The standard InChI is InChI=1S/C12H23NO5S/c1-10(5-7-18-2)19(16,17)13-6-3-4-11(9-13)8-12(14)15/h10-11H,3-9H2,1-2H3,(H,14,15). The number of methoxy groups -OCH3 is 1. The average Bonchev–Trinajstić information content (AvgIpc) is 2.35. The van der Waals surface area contributed by atoms with Gasteiger partial charge in [0.25, 0.3) is 0 Å². The molecule has 0 aliphatic carbocycles. The van der Waals surface area contributed by atoms with E-state index in [1.165, 1.54) is 4.31 Å². The number of ether oxygens (including phenoxy) is 1. The van der Waals surface area contributed by atoms with Crippen LogP contribution in [0.15, 0.2) is 0 Å². The molecule has 2 unspecified atom stereocenters. The molecule has 0 amide bonds. The molecule has 6 nitrogen and oxygen atoms in total. The third kappa shape index (κ3) is 4.74. The molecule has 1 N–H and O–H groups in total. The third-order valence-corrected chi connectivity index (χ3v) is 5.85. The lowest BCUT2D eigenvalue weighted by Gasteiger charge is -2.33. The Morgan fingerprint density at radius 1 is 1.53 bits per heavy atom. The molecule has 1 heterocycles. The van der Waals surface area contributed by atoms with Crippen LogP contribution in [0.2, 0.25) is 0 Å². The van der Waals surface area contributed by atoms with Crippen molar-refractivity contribution in [2.24, 2.45) is 5.92 Å². The molecule has 1 aliphatic heterocycles. The van der Waals surface area contributed by atoms with E-state index in [-0.39, 0.29) is 12.3 Å². The maximum Gasteiger partial charge on any atom is 0.303 e. The second-order valence-corrected chi connectivity index (χ2v) is 7.45. The van der Waals surface area contributed by atoms with Crippen molar-refractivity contribution in [3.05, 3.63) is 0 Å². The van der Waals surface area contributed by atoms with Crippen molar-refractivity contribution in [1.82, 2.24) is 4.31 Å². The molecular formula is C12H23NO5S. The Labute approximate surface area is 114 Å². The van der Waals surface area contributed by atoms with E-state index in [0.29, 0.717) is 26.1 Å². The number of nitrogens with zero attached hydrogens (tertiary/aromatic N) is 1. The first-order valence-corrected chi connectivity index (χ1v) is 8.08. The molecule has 0 aromatic heterocycles. The number of rotatable bonds is 7. The van der Waals surface area contributed by atoms with Gasteiger partial charge in [0.05, 0.1) is 5.25 Å². The SMILES string of the molecule is COCCC(C)S(=O)(=O)N1CCCC(CC(=O)O)C1. The average molecular weight is 293 g/mol. The predicted octanol–water partition coefficient (Wildman–Crippen LogP) is 0.928. The number of piperidine rings is 1. The Morgan fingerprint density at radius 3 is 2.79 bits per heavy atom. The predicted molar refractivity (Wildman–Crippen MR) is 71.4 cm³/mol. The summed E-state index contributed by atoms with van der Waals surface area (Å²) in [6, 6.07) is 0. The van der Waals surface area contributed by atoms with Gasteiger partial charge in [-0.05, 0) is 32.1 Å². The Hall–Kier alpha value is -0.660. The summed E-state index contributed by atoms with van der Waals surface area (Å²) in [6.45, 7) is 2.91. The van der Waals surface area contributed by atoms with Crippen LogP contribution in [0.3, 0.4) is 0 Å². The molecule has 1 aliphatic rings. The number of sulfonamides is 1. The second kappa shape index (κ2) is 7.21. The number of hydrogen-bond donors (Lipinski definition) is 1. The molecule has 0 aromatic rings. The van der Waals surface area contributed by atoms with E-state index in [4.69, 9.17) is 9.84 Å². The summed E-state index contributed by atoms with van der Waals surface area (Å²) in [5.41, 5.74) is 0. The molecule has 0 bridgehead atoms. The van der Waals surface area contributed by atoms with Crippen molar-refractivity contribution < 1.29 is 23.1 Å². The number of aliphatic carboxylic acids is 1. The van der Waals surface area contributed by atoms with Crippen molar-refractivity contribution in [2.75, 3.05) is 26.8 Å². The maximum atomic E-state index is 12.3. The molecule has 0 spiro atoms. The minimum Gasteiger partial charge on any atom is -0.481 e. The molecule has 1 saturated heterocycles. The van der Waals surface area contributed by atoms with Crippen molar-refractivity contribution in [3.63, 3.8) is 0 Å². The third-order valence-electron chi connectivity index (χ3n) is 3.54. The minimum atomic E-state index is -3.34. The molecule has 1 rings (SSSR count).